The molecule has 7 nitrogen and oxygen atoms in total. The Morgan fingerprint density at radius 3 is 3.05 bits per heavy atom. The van der Waals surface area contributed by atoms with Crippen LogP contribution in [0.2, 0.25) is 0 Å². The Kier molecular flexibility index (Phi) is 4.29. The van der Waals surface area contributed by atoms with E-state index in [1.807, 2.05) is 6.92 Å². The molecular weight excluding hydrogens is 258 g/mol. The maximum absolute atomic E-state index is 9.70. The smallest absolute Gasteiger partial charge is 0.198 e. The van der Waals surface area contributed by atoms with Gasteiger partial charge in [0.15, 0.2) is 23.4 Å². The first-order chi connectivity index (χ1) is 9.56. The predicted octanol–water partition coefficient (Wildman–Crippen LogP) is -0.108. The second-order valence-electron chi connectivity index (χ2n) is 4.64. The molecule has 0 radical (unpaired) electrons. The molecule has 0 saturated heterocycles. The summed E-state index contributed by atoms with van der Waals surface area (Å²) in [6.07, 6.45) is 0.548. The summed E-state index contributed by atoms with van der Waals surface area (Å²) >= 11 is 0. The number of hydrogen-bond donors (Lipinski definition) is 5. The highest BCUT2D eigenvalue weighted by Crippen LogP contribution is 2.28. The highest BCUT2D eigenvalue weighted by Gasteiger charge is 2.10. The molecule has 0 bridgehead atoms. The molecule has 1 heterocycles. The van der Waals surface area contributed by atoms with Gasteiger partial charge in [-0.15, -0.1) is 0 Å². The zero-order valence-electron chi connectivity index (χ0n) is 11.3. The molecule has 0 fully saturated rings. The van der Waals surface area contributed by atoms with Gasteiger partial charge in [0.05, 0.1) is 12.6 Å². The van der Waals surface area contributed by atoms with E-state index in [0.29, 0.717) is 37.0 Å². The number of phenols is 2. The van der Waals surface area contributed by atoms with Crippen LogP contribution in [0.3, 0.4) is 0 Å². The number of nitrogens with zero attached hydrogens (tertiary/aromatic N) is 2. The number of benzene rings is 1. The number of phenolic OH excluding ortho intramolecular Hbond substituents is 2. The fourth-order valence-corrected chi connectivity index (χ4v) is 1.87. The van der Waals surface area contributed by atoms with Crippen LogP contribution in [0.15, 0.2) is 28.2 Å². The van der Waals surface area contributed by atoms with E-state index < -0.39 is 0 Å². The van der Waals surface area contributed by atoms with E-state index in [4.69, 9.17) is 5.73 Å². The van der Waals surface area contributed by atoms with E-state index >= 15 is 0 Å². The lowest BCUT2D eigenvalue weighted by molar-refractivity contribution is 0.399. The van der Waals surface area contributed by atoms with Gasteiger partial charge in [-0.25, -0.2) is 4.99 Å². The Hall–Kier alpha value is -2.44. The van der Waals surface area contributed by atoms with Crippen molar-refractivity contribution >= 4 is 11.9 Å². The lowest BCUT2D eigenvalue weighted by Gasteiger charge is -2.11. The number of aromatic hydroxyl groups is 2. The number of guanidine groups is 2. The minimum absolute atomic E-state index is 0.0558. The molecular formula is C13H19N5O2. The Labute approximate surface area is 117 Å². The number of para-hydroxylation sites is 1. The first-order valence-corrected chi connectivity index (χ1v) is 6.44. The summed E-state index contributed by atoms with van der Waals surface area (Å²) in [7, 11) is 0. The zero-order chi connectivity index (χ0) is 14.5. The van der Waals surface area contributed by atoms with Crippen molar-refractivity contribution < 1.29 is 10.2 Å². The third-order valence-electron chi connectivity index (χ3n) is 2.91. The molecule has 2 rings (SSSR count). The van der Waals surface area contributed by atoms with Gasteiger partial charge in [0.1, 0.15) is 0 Å². The Balaban J connectivity index is 1.92. The number of nitrogens with two attached hydrogens (primary N) is 1. The van der Waals surface area contributed by atoms with E-state index in [-0.39, 0.29) is 17.5 Å². The van der Waals surface area contributed by atoms with E-state index in [0.717, 1.165) is 0 Å². The van der Waals surface area contributed by atoms with E-state index in [1.54, 1.807) is 12.1 Å². The van der Waals surface area contributed by atoms with E-state index in [9.17, 15) is 10.2 Å². The van der Waals surface area contributed by atoms with Gasteiger partial charge in [0.2, 0.25) is 0 Å². The first kappa shape index (κ1) is 14.0. The van der Waals surface area contributed by atoms with Crippen molar-refractivity contribution in [2.24, 2.45) is 15.7 Å². The summed E-state index contributed by atoms with van der Waals surface area (Å²) in [6, 6.07) is 4.96. The van der Waals surface area contributed by atoms with Crippen molar-refractivity contribution in [3.05, 3.63) is 23.8 Å². The van der Waals surface area contributed by atoms with Crippen LogP contribution >= 0.6 is 0 Å². The van der Waals surface area contributed by atoms with Crippen LogP contribution in [0.25, 0.3) is 0 Å². The number of nitrogens with one attached hydrogen (secondary N) is 2. The molecule has 1 aliphatic heterocycles. The predicted molar refractivity (Wildman–Crippen MR) is 78.0 cm³/mol. The van der Waals surface area contributed by atoms with Gasteiger partial charge in [-0.05, 0) is 25.0 Å². The van der Waals surface area contributed by atoms with Gasteiger partial charge >= 0.3 is 0 Å². The minimum Gasteiger partial charge on any atom is -0.504 e. The second kappa shape index (κ2) is 6.14. The van der Waals surface area contributed by atoms with Crippen molar-refractivity contribution in [3.63, 3.8) is 0 Å². The molecule has 1 unspecified atom stereocenters. The average molecular weight is 277 g/mol. The topological polar surface area (TPSA) is 115 Å². The summed E-state index contributed by atoms with van der Waals surface area (Å²) in [5, 5.41) is 25.1. The van der Waals surface area contributed by atoms with Crippen LogP contribution in [-0.2, 0) is 6.42 Å². The maximum atomic E-state index is 9.70. The summed E-state index contributed by atoms with van der Waals surface area (Å²) in [5.41, 5.74) is 6.33. The van der Waals surface area contributed by atoms with Crippen LogP contribution in [0.4, 0.5) is 0 Å². The number of hydrogen-bond acceptors (Lipinski definition) is 7. The summed E-state index contributed by atoms with van der Waals surface area (Å²) in [6.45, 7) is 3.05. The van der Waals surface area contributed by atoms with Gasteiger partial charge < -0.3 is 21.3 Å². The fourth-order valence-electron chi connectivity index (χ4n) is 1.87. The molecule has 1 aromatic rings. The van der Waals surface area contributed by atoms with Crippen LogP contribution in [0.5, 0.6) is 11.5 Å². The summed E-state index contributed by atoms with van der Waals surface area (Å²) < 4.78 is 0. The Bertz CT molecular complexity index is 542. The van der Waals surface area contributed by atoms with Gasteiger partial charge in [0.25, 0.3) is 0 Å². The van der Waals surface area contributed by atoms with Crippen LogP contribution < -0.4 is 16.4 Å². The highest BCUT2D eigenvalue weighted by molar-refractivity contribution is 5.98. The lowest BCUT2D eigenvalue weighted by Crippen LogP contribution is -2.44. The molecule has 7 heteroatoms. The molecule has 1 aliphatic rings. The Morgan fingerprint density at radius 1 is 1.45 bits per heavy atom. The summed E-state index contributed by atoms with van der Waals surface area (Å²) in [4.78, 5) is 8.49. The standard InChI is InChI=1S/C13H19N5O2/c1-8-7-16-12(14)18-13(17-8)15-6-5-9-3-2-4-10(19)11(9)20/h2-4,8,19-20H,5-7H2,1H3,(H4,14,15,16,17,18). The molecule has 108 valence electrons. The van der Waals surface area contributed by atoms with Crippen LogP contribution in [0, 0.1) is 0 Å². The van der Waals surface area contributed by atoms with Gasteiger partial charge in [-0.1, -0.05) is 12.1 Å². The van der Waals surface area contributed by atoms with Gasteiger partial charge in [-0.2, -0.15) is 0 Å². The molecule has 20 heavy (non-hydrogen) atoms. The molecule has 0 amide bonds. The molecule has 1 aromatic carbocycles. The van der Waals surface area contributed by atoms with Crippen LogP contribution in [0.1, 0.15) is 12.5 Å². The number of aliphatic imine (C=N–C) groups is 2. The summed E-state index contributed by atoms with van der Waals surface area (Å²) in [5.74, 6) is 0.702. The van der Waals surface area contributed by atoms with E-state index in [2.05, 4.69) is 20.6 Å². The van der Waals surface area contributed by atoms with Crippen molar-refractivity contribution in [1.82, 2.24) is 10.6 Å². The Morgan fingerprint density at radius 2 is 2.25 bits per heavy atom. The average Bonchev–Trinajstić information content (AvgIpc) is 2.56. The van der Waals surface area contributed by atoms with Crippen LogP contribution in [-0.4, -0.2) is 41.3 Å². The van der Waals surface area contributed by atoms with Crippen molar-refractivity contribution in [1.29, 1.82) is 0 Å². The van der Waals surface area contributed by atoms with Crippen molar-refractivity contribution in [2.75, 3.05) is 13.1 Å². The number of rotatable bonds is 3. The molecule has 0 saturated carbocycles. The normalized spacial score (nSPS) is 18.6. The largest absolute Gasteiger partial charge is 0.504 e. The SMILES string of the molecule is CC1CN=C(N)NC(NCCc2cccc(O)c2O)=N1. The third kappa shape index (κ3) is 3.53. The van der Waals surface area contributed by atoms with Gasteiger partial charge in [-0.3, -0.25) is 10.3 Å². The molecule has 0 aromatic heterocycles. The molecule has 0 aliphatic carbocycles. The zero-order valence-corrected chi connectivity index (χ0v) is 11.3. The highest BCUT2D eigenvalue weighted by atomic mass is 16.3. The first-order valence-electron chi connectivity index (χ1n) is 6.44. The minimum atomic E-state index is -0.113. The molecule has 1 atom stereocenters. The second-order valence-corrected chi connectivity index (χ2v) is 4.64. The molecule has 6 N–H and O–H groups in total. The van der Waals surface area contributed by atoms with Gasteiger partial charge in [0, 0.05) is 6.54 Å². The monoisotopic (exact) mass is 277 g/mol. The quantitative estimate of drug-likeness (QED) is 0.495. The van der Waals surface area contributed by atoms with Crippen molar-refractivity contribution in [3.8, 4) is 11.5 Å². The van der Waals surface area contributed by atoms with Crippen molar-refractivity contribution in [2.45, 2.75) is 19.4 Å². The maximum Gasteiger partial charge on any atom is 0.198 e. The van der Waals surface area contributed by atoms with E-state index in [1.165, 1.54) is 6.07 Å². The third-order valence-corrected chi connectivity index (χ3v) is 2.91. The lowest BCUT2D eigenvalue weighted by atomic mass is 10.1. The fraction of sp³-hybridized carbons (Fsp3) is 0.385. The molecule has 0 spiro atoms.